The van der Waals surface area contributed by atoms with E-state index in [2.05, 4.69) is 17.0 Å². The zero-order chi connectivity index (χ0) is 18.2. The van der Waals surface area contributed by atoms with Gasteiger partial charge in [-0.15, -0.1) is 0 Å². The highest BCUT2D eigenvalue weighted by Gasteiger charge is 2.59. The highest BCUT2D eigenvalue weighted by Crippen LogP contribution is 2.52. The molecule has 0 radical (unpaired) electrons. The molecule has 1 aliphatic carbocycles. The number of nitrogens with zero attached hydrogens (tertiary/aromatic N) is 3. The van der Waals surface area contributed by atoms with Crippen LogP contribution in [0.15, 0.2) is 49.3 Å². The third-order valence-corrected chi connectivity index (χ3v) is 3.99. The zero-order valence-electron chi connectivity index (χ0n) is 13.4. The number of aromatic nitrogens is 2. The molecule has 1 atom stereocenters. The van der Waals surface area contributed by atoms with E-state index in [1.165, 1.54) is 23.4 Å². The Morgan fingerprint density at radius 3 is 2.60 bits per heavy atom. The van der Waals surface area contributed by atoms with Gasteiger partial charge in [-0.25, -0.2) is 8.78 Å². The number of amides is 2. The number of carbonyl (C=O) groups excluding carboxylic acids is 2. The van der Waals surface area contributed by atoms with E-state index in [9.17, 15) is 18.4 Å². The van der Waals surface area contributed by atoms with Crippen LogP contribution in [-0.4, -0.2) is 34.6 Å². The molecule has 2 aromatic rings. The summed E-state index contributed by atoms with van der Waals surface area (Å²) in [4.78, 5) is 25.2. The average Bonchev–Trinajstić information content (AvgIpc) is 3.02. The van der Waals surface area contributed by atoms with Crippen LogP contribution >= 0.6 is 0 Å². The molecule has 0 spiro atoms. The third kappa shape index (κ3) is 3.42. The smallest absolute Gasteiger partial charge is 0.272 e. The van der Waals surface area contributed by atoms with Crippen molar-refractivity contribution < 1.29 is 18.4 Å². The van der Waals surface area contributed by atoms with Gasteiger partial charge in [0.2, 0.25) is 5.91 Å². The van der Waals surface area contributed by atoms with Gasteiger partial charge in [0, 0.05) is 30.9 Å². The summed E-state index contributed by atoms with van der Waals surface area (Å²) >= 11 is 0. The summed E-state index contributed by atoms with van der Waals surface area (Å²) in [6.45, 7) is 3.42. The van der Waals surface area contributed by atoms with Crippen LogP contribution in [0.3, 0.4) is 0 Å². The SMILES string of the molecule is C=CC(=O)N(C)c1ccc(C(=O)Nc2cnn(C3CC3(F)F)c2)cc1. The lowest BCUT2D eigenvalue weighted by Crippen LogP contribution is -2.23. The number of nitrogens with one attached hydrogen (secondary N) is 1. The van der Waals surface area contributed by atoms with Crippen molar-refractivity contribution in [2.75, 3.05) is 17.3 Å². The molecule has 2 amide bonds. The largest absolute Gasteiger partial charge is 0.319 e. The molecule has 0 bridgehead atoms. The Hall–Kier alpha value is -3.03. The lowest BCUT2D eigenvalue weighted by Gasteiger charge is -2.15. The molecular weight excluding hydrogens is 330 g/mol. The van der Waals surface area contributed by atoms with Crippen LogP contribution in [0.1, 0.15) is 22.8 Å². The Labute approximate surface area is 142 Å². The van der Waals surface area contributed by atoms with Gasteiger partial charge in [0.15, 0.2) is 0 Å². The minimum Gasteiger partial charge on any atom is -0.319 e. The molecule has 3 rings (SSSR count). The molecule has 0 saturated heterocycles. The number of anilines is 2. The van der Waals surface area contributed by atoms with Crippen LogP contribution in [0.4, 0.5) is 20.2 Å². The van der Waals surface area contributed by atoms with Crippen molar-refractivity contribution in [3.8, 4) is 0 Å². The first kappa shape index (κ1) is 16.8. The lowest BCUT2D eigenvalue weighted by atomic mass is 10.2. The number of benzene rings is 1. The van der Waals surface area contributed by atoms with Gasteiger partial charge in [-0.2, -0.15) is 5.10 Å². The van der Waals surface area contributed by atoms with Crippen LogP contribution in [0.2, 0.25) is 0 Å². The van der Waals surface area contributed by atoms with Gasteiger partial charge in [0.05, 0.1) is 11.9 Å². The molecule has 1 N–H and O–H groups in total. The summed E-state index contributed by atoms with van der Waals surface area (Å²) in [5, 5.41) is 6.46. The van der Waals surface area contributed by atoms with E-state index in [-0.39, 0.29) is 12.3 Å². The maximum Gasteiger partial charge on any atom is 0.272 e. The highest BCUT2D eigenvalue weighted by molar-refractivity contribution is 6.05. The first-order valence-corrected chi connectivity index (χ1v) is 7.55. The molecule has 1 aliphatic rings. The van der Waals surface area contributed by atoms with Crippen molar-refractivity contribution in [2.45, 2.75) is 18.4 Å². The second kappa shape index (κ2) is 6.12. The van der Waals surface area contributed by atoms with Gasteiger partial charge in [0.25, 0.3) is 11.8 Å². The van der Waals surface area contributed by atoms with E-state index < -0.39 is 17.9 Å². The molecule has 8 heteroatoms. The van der Waals surface area contributed by atoms with Gasteiger partial charge in [-0.1, -0.05) is 6.58 Å². The van der Waals surface area contributed by atoms with Crippen molar-refractivity contribution in [1.82, 2.24) is 9.78 Å². The molecule has 25 heavy (non-hydrogen) atoms. The van der Waals surface area contributed by atoms with Crippen LogP contribution < -0.4 is 10.2 Å². The Balaban J connectivity index is 1.65. The quantitative estimate of drug-likeness (QED) is 0.847. The van der Waals surface area contributed by atoms with Crippen LogP contribution in [-0.2, 0) is 4.79 Å². The summed E-state index contributed by atoms with van der Waals surface area (Å²) in [5.74, 6) is -3.38. The van der Waals surface area contributed by atoms with Gasteiger partial charge in [-0.3, -0.25) is 14.3 Å². The fraction of sp³-hybridized carbons (Fsp3) is 0.235. The average molecular weight is 346 g/mol. The second-order valence-electron chi connectivity index (χ2n) is 5.79. The molecule has 1 saturated carbocycles. The van der Waals surface area contributed by atoms with Crippen molar-refractivity contribution in [3.05, 3.63) is 54.9 Å². The minimum absolute atomic E-state index is 0.236. The van der Waals surface area contributed by atoms with E-state index in [4.69, 9.17) is 0 Å². The third-order valence-electron chi connectivity index (χ3n) is 3.99. The number of alkyl halides is 2. The fourth-order valence-corrected chi connectivity index (χ4v) is 2.36. The lowest BCUT2D eigenvalue weighted by molar-refractivity contribution is -0.113. The molecule has 6 nitrogen and oxygen atoms in total. The summed E-state index contributed by atoms with van der Waals surface area (Å²) < 4.78 is 27.2. The molecule has 0 aliphatic heterocycles. The van der Waals surface area contributed by atoms with E-state index in [1.807, 2.05) is 0 Å². The monoisotopic (exact) mass is 346 g/mol. The van der Waals surface area contributed by atoms with Crippen molar-refractivity contribution >= 4 is 23.2 Å². The summed E-state index contributed by atoms with van der Waals surface area (Å²) in [6, 6.07) is 5.46. The highest BCUT2D eigenvalue weighted by atomic mass is 19.3. The summed E-state index contributed by atoms with van der Waals surface area (Å²) in [5.41, 5.74) is 1.33. The Morgan fingerprint density at radius 1 is 1.40 bits per heavy atom. The Bertz CT molecular complexity index is 829. The van der Waals surface area contributed by atoms with E-state index >= 15 is 0 Å². The van der Waals surface area contributed by atoms with E-state index in [1.54, 1.807) is 31.3 Å². The fourth-order valence-electron chi connectivity index (χ4n) is 2.36. The number of carbonyl (C=O) groups is 2. The summed E-state index contributed by atoms with van der Waals surface area (Å²) in [7, 11) is 1.60. The van der Waals surface area contributed by atoms with Crippen molar-refractivity contribution in [1.29, 1.82) is 0 Å². The second-order valence-corrected chi connectivity index (χ2v) is 5.79. The topological polar surface area (TPSA) is 67.2 Å². The number of rotatable bonds is 5. The molecule has 1 unspecified atom stereocenters. The standard InChI is InChI=1S/C17H16F2N4O2/c1-3-15(24)22(2)13-6-4-11(5-7-13)16(25)21-12-9-20-23(10-12)14-8-17(14,18)19/h3-7,9-10,14H,1,8H2,2H3,(H,21,25). The van der Waals surface area contributed by atoms with Crippen LogP contribution in [0.25, 0.3) is 0 Å². The predicted octanol–water partition coefficient (Wildman–Crippen LogP) is 2.86. The number of hydrogen-bond acceptors (Lipinski definition) is 3. The van der Waals surface area contributed by atoms with Crippen molar-refractivity contribution in [2.24, 2.45) is 0 Å². The molecule has 1 fully saturated rings. The van der Waals surface area contributed by atoms with Gasteiger partial charge >= 0.3 is 0 Å². The predicted molar refractivity (Wildman–Crippen MR) is 88.8 cm³/mol. The van der Waals surface area contributed by atoms with E-state index in [0.717, 1.165) is 4.68 Å². The van der Waals surface area contributed by atoms with Gasteiger partial charge in [-0.05, 0) is 30.3 Å². The zero-order valence-corrected chi connectivity index (χ0v) is 13.4. The van der Waals surface area contributed by atoms with Gasteiger partial charge < -0.3 is 10.2 Å². The first-order chi connectivity index (χ1) is 11.8. The Kier molecular flexibility index (Phi) is 4.12. The molecule has 130 valence electrons. The molecule has 1 aromatic carbocycles. The maximum atomic E-state index is 13.0. The number of hydrogen-bond donors (Lipinski definition) is 1. The summed E-state index contributed by atoms with van der Waals surface area (Å²) in [6.07, 6.45) is 3.67. The molecular formula is C17H16F2N4O2. The number of likely N-dealkylation sites (N-methyl/N-ethyl adjacent to an activating group) is 1. The van der Waals surface area contributed by atoms with Gasteiger partial charge in [0.1, 0.15) is 6.04 Å². The van der Waals surface area contributed by atoms with E-state index in [0.29, 0.717) is 16.9 Å². The number of halogens is 2. The minimum atomic E-state index is -2.72. The van der Waals surface area contributed by atoms with Crippen LogP contribution in [0, 0.1) is 0 Å². The first-order valence-electron chi connectivity index (χ1n) is 7.55. The maximum absolute atomic E-state index is 13.0. The normalized spacial score (nSPS) is 17.6. The molecule has 1 aromatic heterocycles. The van der Waals surface area contributed by atoms with Crippen LogP contribution in [0.5, 0.6) is 0 Å². The van der Waals surface area contributed by atoms with Crippen molar-refractivity contribution in [3.63, 3.8) is 0 Å². The molecule has 1 heterocycles. The Morgan fingerprint density at radius 2 is 2.04 bits per heavy atom.